The minimum Gasteiger partial charge on any atom is -0.496 e. The molecule has 4 rings (SSSR count). The molecule has 8 heteroatoms. The van der Waals surface area contributed by atoms with Crippen LogP contribution in [0.1, 0.15) is 37.7 Å². The number of carbonyl (C=O) groups excluding carboxylic acids is 2. The molecule has 180 valence electrons. The molecule has 3 aliphatic heterocycles. The highest BCUT2D eigenvalue weighted by Crippen LogP contribution is 2.37. The molecule has 0 aromatic heterocycles. The number of likely N-dealkylation sites (tertiary alicyclic amines) is 1. The van der Waals surface area contributed by atoms with Crippen molar-refractivity contribution >= 4 is 11.8 Å². The highest BCUT2D eigenvalue weighted by molar-refractivity contribution is 5.88. The van der Waals surface area contributed by atoms with Crippen LogP contribution in [-0.2, 0) is 20.9 Å². The Morgan fingerprint density at radius 2 is 2.06 bits per heavy atom. The molecule has 3 aliphatic rings. The maximum Gasteiger partial charge on any atom is 0.239 e. The molecule has 1 aromatic carbocycles. The van der Waals surface area contributed by atoms with E-state index in [1.165, 1.54) is 6.07 Å². The third-order valence-electron chi connectivity index (χ3n) is 7.32. The Kier molecular flexibility index (Phi) is 7.65. The Hall–Kier alpha value is -2.45. The molecular formula is C25H34FN3O4. The molecule has 0 unspecified atom stereocenters. The van der Waals surface area contributed by atoms with Crippen LogP contribution in [0.3, 0.4) is 0 Å². The zero-order chi connectivity index (χ0) is 23.3. The van der Waals surface area contributed by atoms with E-state index < -0.39 is 5.41 Å². The lowest BCUT2D eigenvalue weighted by Gasteiger charge is -2.40. The summed E-state index contributed by atoms with van der Waals surface area (Å²) in [6.07, 6.45) is 7.80. The Morgan fingerprint density at radius 3 is 2.85 bits per heavy atom. The largest absolute Gasteiger partial charge is 0.496 e. The molecule has 33 heavy (non-hydrogen) atoms. The minimum absolute atomic E-state index is 0.00941. The Balaban J connectivity index is 1.44. The number of ether oxygens (including phenoxy) is 2. The first kappa shape index (κ1) is 23.7. The van der Waals surface area contributed by atoms with Crippen LogP contribution >= 0.6 is 0 Å². The molecule has 7 nitrogen and oxygen atoms in total. The zero-order valence-electron chi connectivity index (χ0n) is 19.3. The van der Waals surface area contributed by atoms with Gasteiger partial charge in [0.25, 0.3) is 0 Å². The van der Waals surface area contributed by atoms with Gasteiger partial charge in [0.05, 0.1) is 25.7 Å². The van der Waals surface area contributed by atoms with Gasteiger partial charge in [0, 0.05) is 30.7 Å². The lowest BCUT2D eigenvalue weighted by Crippen LogP contribution is -2.52. The quantitative estimate of drug-likeness (QED) is 0.679. The van der Waals surface area contributed by atoms with Crippen LogP contribution in [0, 0.1) is 17.2 Å². The maximum absolute atomic E-state index is 14.4. The third-order valence-corrected chi connectivity index (χ3v) is 7.32. The SMILES string of the molecule is COc1cccc(F)c1CN1CCC2(C/C=C/C[C@H]3COCC[C@@H]3NC(=O)CNC2=O)CC1. The number of halogens is 1. The van der Waals surface area contributed by atoms with Crippen molar-refractivity contribution in [1.82, 2.24) is 15.5 Å². The zero-order valence-corrected chi connectivity index (χ0v) is 19.3. The lowest BCUT2D eigenvalue weighted by atomic mass is 9.74. The molecule has 3 heterocycles. The maximum atomic E-state index is 14.4. The van der Waals surface area contributed by atoms with E-state index in [0.717, 1.165) is 12.8 Å². The highest BCUT2D eigenvalue weighted by Gasteiger charge is 2.41. The summed E-state index contributed by atoms with van der Waals surface area (Å²) in [5.41, 5.74) is -0.0197. The van der Waals surface area contributed by atoms with E-state index in [4.69, 9.17) is 9.47 Å². The van der Waals surface area contributed by atoms with E-state index in [0.29, 0.717) is 63.4 Å². The van der Waals surface area contributed by atoms with Crippen molar-refractivity contribution in [1.29, 1.82) is 0 Å². The van der Waals surface area contributed by atoms with Crippen molar-refractivity contribution < 1.29 is 23.5 Å². The van der Waals surface area contributed by atoms with Crippen LogP contribution in [0.5, 0.6) is 5.75 Å². The smallest absolute Gasteiger partial charge is 0.239 e. The van der Waals surface area contributed by atoms with Gasteiger partial charge < -0.3 is 20.1 Å². The number of amides is 2. The molecule has 1 spiro atoms. The molecule has 2 saturated heterocycles. The van der Waals surface area contributed by atoms with Crippen molar-refractivity contribution in [2.45, 2.75) is 44.7 Å². The van der Waals surface area contributed by atoms with Crippen LogP contribution in [0.4, 0.5) is 4.39 Å². The van der Waals surface area contributed by atoms with Gasteiger partial charge in [-0.15, -0.1) is 0 Å². The fourth-order valence-corrected chi connectivity index (χ4v) is 5.18. The summed E-state index contributed by atoms with van der Waals surface area (Å²) in [6, 6.07) is 4.94. The van der Waals surface area contributed by atoms with Gasteiger partial charge >= 0.3 is 0 Å². The molecular weight excluding hydrogens is 425 g/mol. The fourth-order valence-electron chi connectivity index (χ4n) is 5.18. The van der Waals surface area contributed by atoms with Crippen LogP contribution < -0.4 is 15.4 Å². The van der Waals surface area contributed by atoms with Gasteiger partial charge in [-0.3, -0.25) is 14.5 Å². The number of piperidine rings is 1. The molecule has 0 radical (unpaired) electrons. The van der Waals surface area contributed by atoms with E-state index in [9.17, 15) is 14.0 Å². The van der Waals surface area contributed by atoms with Crippen molar-refractivity contribution in [2.75, 3.05) is 40.0 Å². The highest BCUT2D eigenvalue weighted by atomic mass is 19.1. The average molecular weight is 460 g/mol. The van der Waals surface area contributed by atoms with Gasteiger partial charge in [0.1, 0.15) is 11.6 Å². The summed E-state index contributed by atoms with van der Waals surface area (Å²) >= 11 is 0. The number of hydrogen-bond donors (Lipinski definition) is 2. The van der Waals surface area contributed by atoms with Gasteiger partial charge in [0.15, 0.2) is 0 Å². The van der Waals surface area contributed by atoms with Gasteiger partial charge in [-0.25, -0.2) is 4.39 Å². The number of hydrogen-bond acceptors (Lipinski definition) is 5. The van der Waals surface area contributed by atoms with Gasteiger partial charge in [-0.05, 0) is 57.3 Å². The summed E-state index contributed by atoms with van der Waals surface area (Å²) in [7, 11) is 1.54. The topological polar surface area (TPSA) is 79.9 Å². The number of nitrogens with one attached hydrogen (secondary N) is 2. The van der Waals surface area contributed by atoms with E-state index in [1.54, 1.807) is 19.2 Å². The minimum atomic E-state index is -0.561. The van der Waals surface area contributed by atoms with E-state index in [-0.39, 0.29) is 36.1 Å². The number of nitrogens with zero attached hydrogens (tertiary/aromatic N) is 1. The number of rotatable bonds is 3. The summed E-state index contributed by atoms with van der Waals surface area (Å²) in [4.78, 5) is 27.9. The van der Waals surface area contributed by atoms with Crippen molar-refractivity contribution in [2.24, 2.45) is 11.3 Å². The average Bonchev–Trinajstić information content (AvgIpc) is 2.83. The van der Waals surface area contributed by atoms with Crippen LogP contribution in [-0.4, -0.2) is 62.7 Å². The summed E-state index contributed by atoms with van der Waals surface area (Å²) in [6.45, 7) is 3.06. The molecule has 2 amide bonds. The molecule has 0 saturated carbocycles. The number of benzene rings is 1. The second-order valence-electron chi connectivity index (χ2n) is 9.37. The Bertz CT molecular complexity index is 882. The lowest BCUT2D eigenvalue weighted by molar-refractivity contribution is -0.136. The first-order valence-electron chi connectivity index (χ1n) is 11.8. The standard InChI is InChI=1S/C25H34FN3O4/c1-32-22-7-4-6-20(26)19(22)16-29-12-10-25(11-13-29)9-3-2-5-18-17-33-14-8-21(18)28-23(30)15-27-24(25)31/h2-4,6-7,18,21H,5,8-17H2,1H3,(H,27,31)(H,28,30)/b3-2+/t18-,21-/m0/s1. The number of methoxy groups -OCH3 is 1. The molecule has 1 aromatic rings. The van der Waals surface area contributed by atoms with Gasteiger partial charge in [0.2, 0.25) is 11.8 Å². The first-order chi connectivity index (χ1) is 16.0. The molecule has 2 atom stereocenters. The van der Waals surface area contributed by atoms with E-state index in [2.05, 4.69) is 27.7 Å². The summed E-state index contributed by atoms with van der Waals surface area (Å²) in [5.74, 6) is 0.288. The monoisotopic (exact) mass is 459 g/mol. The summed E-state index contributed by atoms with van der Waals surface area (Å²) in [5, 5.41) is 5.96. The molecule has 0 aliphatic carbocycles. The van der Waals surface area contributed by atoms with Gasteiger partial charge in [-0.2, -0.15) is 0 Å². The van der Waals surface area contributed by atoms with Crippen LogP contribution in [0.25, 0.3) is 0 Å². The molecule has 0 bridgehead atoms. The number of allylic oxidation sites excluding steroid dienone is 2. The summed E-state index contributed by atoms with van der Waals surface area (Å²) < 4.78 is 25.3. The van der Waals surface area contributed by atoms with Crippen molar-refractivity contribution in [3.63, 3.8) is 0 Å². The number of carbonyl (C=O) groups is 2. The van der Waals surface area contributed by atoms with Gasteiger partial charge in [-0.1, -0.05) is 18.2 Å². The van der Waals surface area contributed by atoms with E-state index >= 15 is 0 Å². The molecule has 2 N–H and O–H groups in total. The van der Waals surface area contributed by atoms with Crippen LogP contribution in [0.15, 0.2) is 30.4 Å². The predicted molar refractivity (Wildman–Crippen MR) is 122 cm³/mol. The fraction of sp³-hybridized carbons (Fsp3) is 0.600. The molecule has 2 fully saturated rings. The first-order valence-corrected chi connectivity index (χ1v) is 11.8. The normalized spacial score (nSPS) is 27.5. The Morgan fingerprint density at radius 1 is 1.24 bits per heavy atom. The van der Waals surface area contributed by atoms with Crippen molar-refractivity contribution in [3.8, 4) is 5.75 Å². The third kappa shape index (κ3) is 5.55. The van der Waals surface area contributed by atoms with Crippen LogP contribution in [0.2, 0.25) is 0 Å². The second-order valence-corrected chi connectivity index (χ2v) is 9.37. The predicted octanol–water partition coefficient (Wildman–Crippen LogP) is 2.40. The van der Waals surface area contributed by atoms with E-state index in [1.807, 2.05) is 0 Å². The second kappa shape index (κ2) is 10.7. The number of fused-ring (bicyclic) bond motifs is 1. The van der Waals surface area contributed by atoms with Crippen molar-refractivity contribution in [3.05, 3.63) is 41.7 Å². The Labute approximate surface area is 194 Å².